The van der Waals surface area contributed by atoms with Crippen molar-refractivity contribution < 1.29 is 19.0 Å². The highest BCUT2D eigenvalue weighted by atomic mass is 79.9. The Hall–Kier alpha value is -0.810. The summed E-state index contributed by atoms with van der Waals surface area (Å²) in [7, 11) is 0. The van der Waals surface area contributed by atoms with E-state index in [1.165, 1.54) is 0 Å². The third-order valence-corrected chi connectivity index (χ3v) is 2.71. The number of benzene rings is 1. The summed E-state index contributed by atoms with van der Waals surface area (Å²) in [5.74, 6) is 0.509. The predicted octanol–water partition coefficient (Wildman–Crippen LogP) is 1.85. The first-order valence-electron chi connectivity index (χ1n) is 4.11. The van der Waals surface area contributed by atoms with Crippen LogP contribution in [0.5, 0.6) is 11.5 Å². The van der Waals surface area contributed by atoms with E-state index in [0.29, 0.717) is 17.1 Å². The Bertz CT molecular complexity index is 368. The quantitative estimate of drug-likeness (QED) is 0.885. The van der Waals surface area contributed by atoms with Crippen LogP contribution in [-0.2, 0) is 6.42 Å². The van der Waals surface area contributed by atoms with E-state index in [0.717, 1.165) is 0 Å². The maximum Gasteiger partial charge on any atom is 0.231 e. The van der Waals surface area contributed by atoms with Gasteiger partial charge in [0.1, 0.15) is 5.82 Å². The number of ether oxygens (including phenoxy) is 2. The Labute approximate surface area is 88.6 Å². The molecule has 0 spiro atoms. The van der Waals surface area contributed by atoms with Crippen molar-refractivity contribution in [2.24, 2.45) is 0 Å². The monoisotopic (exact) mass is 262 g/mol. The van der Waals surface area contributed by atoms with Crippen molar-refractivity contribution in [3.63, 3.8) is 0 Å². The molecule has 0 unspecified atom stereocenters. The molecule has 0 saturated carbocycles. The third-order valence-electron chi connectivity index (χ3n) is 2.00. The van der Waals surface area contributed by atoms with Gasteiger partial charge in [-0.15, -0.1) is 0 Å². The molecule has 2 rings (SSSR count). The van der Waals surface area contributed by atoms with Gasteiger partial charge in [-0.1, -0.05) is 0 Å². The summed E-state index contributed by atoms with van der Waals surface area (Å²) in [6.45, 7) is 0.0129. The molecule has 1 aromatic carbocycles. The molecule has 0 aliphatic carbocycles. The van der Waals surface area contributed by atoms with Gasteiger partial charge < -0.3 is 14.6 Å². The van der Waals surface area contributed by atoms with Crippen molar-refractivity contribution in [1.29, 1.82) is 0 Å². The van der Waals surface area contributed by atoms with Gasteiger partial charge in [0.15, 0.2) is 11.5 Å². The van der Waals surface area contributed by atoms with Crippen molar-refractivity contribution in [3.8, 4) is 11.5 Å². The van der Waals surface area contributed by atoms with Gasteiger partial charge in [-0.3, -0.25) is 0 Å². The first kappa shape index (κ1) is 9.73. The minimum absolute atomic E-state index is 0.0942. The van der Waals surface area contributed by atoms with Gasteiger partial charge in [0, 0.05) is 6.61 Å². The molecule has 76 valence electrons. The highest BCUT2D eigenvalue weighted by molar-refractivity contribution is 9.10. The van der Waals surface area contributed by atoms with Crippen LogP contribution in [-0.4, -0.2) is 18.5 Å². The van der Waals surface area contributed by atoms with Crippen LogP contribution in [0.3, 0.4) is 0 Å². The van der Waals surface area contributed by atoms with E-state index in [1.807, 2.05) is 0 Å². The van der Waals surface area contributed by atoms with E-state index < -0.39 is 5.82 Å². The Balaban J connectivity index is 2.49. The number of halogens is 2. The fourth-order valence-corrected chi connectivity index (χ4v) is 1.90. The topological polar surface area (TPSA) is 38.7 Å². The summed E-state index contributed by atoms with van der Waals surface area (Å²) >= 11 is 3.09. The molecule has 0 saturated heterocycles. The molecule has 0 atom stereocenters. The lowest BCUT2D eigenvalue weighted by molar-refractivity contribution is 0.173. The smallest absolute Gasteiger partial charge is 0.231 e. The van der Waals surface area contributed by atoms with Crippen LogP contribution < -0.4 is 9.47 Å². The lowest BCUT2D eigenvalue weighted by Crippen LogP contribution is -1.96. The van der Waals surface area contributed by atoms with Crippen LogP contribution in [0.25, 0.3) is 0 Å². The molecule has 1 aliphatic heterocycles. The molecule has 5 heteroatoms. The number of hydrogen-bond acceptors (Lipinski definition) is 3. The first-order chi connectivity index (χ1) is 6.74. The lowest BCUT2D eigenvalue weighted by atomic mass is 10.1. The minimum Gasteiger partial charge on any atom is -0.454 e. The van der Waals surface area contributed by atoms with E-state index in [9.17, 15) is 4.39 Å². The van der Waals surface area contributed by atoms with Crippen molar-refractivity contribution in [1.82, 2.24) is 0 Å². The maximum atomic E-state index is 13.6. The van der Waals surface area contributed by atoms with Crippen LogP contribution in [0.4, 0.5) is 4.39 Å². The molecule has 0 aromatic heterocycles. The second-order valence-corrected chi connectivity index (χ2v) is 3.66. The number of aliphatic hydroxyl groups is 1. The van der Waals surface area contributed by atoms with E-state index in [-0.39, 0.29) is 24.3 Å². The highest BCUT2D eigenvalue weighted by Crippen LogP contribution is 2.42. The third kappa shape index (κ3) is 1.46. The molecular formula is C9H8BrFO3. The molecule has 14 heavy (non-hydrogen) atoms. The molecule has 0 amide bonds. The van der Waals surface area contributed by atoms with E-state index in [2.05, 4.69) is 15.9 Å². The summed E-state index contributed by atoms with van der Waals surface area (Å²) in [4.78, 5) is 0. The Morgan fingerprint density at radius 1 is 1.50 bits per heavy atom. The van der Waals surface area contributed by atoms with Gasteiger partial charge in [-0.05, 0) is 34.0 Å². The molecular weight excluding hydrogens is 255 g/mol. The lowest BCUT2D eigenvalue weighted by Gasteiger charge is -2.06. The summed E-state index contributed by atoms with van der Waals surface area (Å²) in [5.41, 5.74) is 0.420. The zero-order chi connectivity index (χ0) is 10.1. The van der Waals surface area contributed by atoms with Gasteiger partial charge >= 0.3 is 0 Å². The maximum absolute atomic E-state index is 13.6. The summed E-state index contributed by atoms with van der Waals surface area (Å²) in [6, 6.07) is 1.55. The van der Waals surface area contributed by atoms with Crippen LogP contribution >= 0.6 is 15.9 Å². The standard InChI is InChI=1S/C9H8BrFO3/c10-7-8(11)5(1-2-12)3-6-9(7)14-4-13-6/h3,12H,1-2,4H2. The minimum atomic E-state index is -0.400. The fourth-order valence-electron chi connectivity index (χ4n) is 1.33. The van der Waals surface area contributed by atoms with Gasteiger partial charge in [0.25, 0.3) is 0 Å². The van der Waals surface area contributed by atoms with Crippen molar-refractivity contribution in [2.75, 3.05) is 13.4 Å². The predicted molar refractivity (Wildman–Crippen MR) is 51.0 cm³/mol. The van der Waals surface area contributed by atoms with Gasteiger partial charge in [-0.25, -0.2) is 4.39 Å². The average Bonchev–Trinajstić information content (AvgIpc) is 2.62. The van der Waals surface area contributed by atoms with E-state index in [1.54, 1.807) is 6.07 Å². The van der Waals surface area contributed by atoms with Crippen LogP contribution in [0.2, 0.25) is 0 Å². The second-order valence-electron chi connectivity index (χ2n) is 2.87. The molecule has 1 heterocycles. The molecule has 0 radical (unpaired) electrons. The van der Waals surface area contributed by atoms with E-state index >= 15 is 0 Å². The van der Waals surface area contributed by atoms with Gasteiger partial charge in [0.2, 0.25) is 6.79 Å². The summed E-state index contributed by atoms with van der Waals surface area (Å²) < 4.78 is 24.0. The zero-order valence-electron chi connectivity index (χ0n) is 7.22. The van der Waals surface area contributed by atoms with Crippen LogP contribution in [0.1, 0.15) is 5.56 Å². The fraction of sp³-hybridized carbons (Fsp3) is 0.333. The second kappa shape index (κ2) is 3.74. The van der Waals surface area contributed by atoms with Crippen LogP contribution in [0, 0.1) is 5.82 Å². The molecule has 0 fully saturated rings. The summed E-state index contributed by atoms with van der Waals surface area (Å²) in [6.07, 6.45) is 0.265. The average molecular weight is 263 g/mol. The van der Waals surface area contributed by atoms with Crippen molar-refractivity contribution >= 4 is 15.9 Å². The van der Waals surface area contributed by atoms with Crippen molar-refractivity contribution in [2.45, 2.75) is 6.42 Å². The van der Waals surface area contributed by atoms with Crippen LogP contribution in [0.15, 0.2) is 10.5 Å². The largest absolute Gasteiger partial charge is 0.454 e. The number of fused-ring (bicyclic) bond motifs is 1. The normalized spacial score (nSPS) is 13.4. The Kier molecular flexibility index (Phi) is 2.60. The number of hydrogen-bond donors (Lipinski definition) is 1. The number of aliphatic hydroxyl groups excluding tert-OH is 1. The van der Waals surface area contributed by atoms with Gasteiger partial charge in [0.05, 0.1) is 4.47 Å². The highest BCUT2D eigenvalue weighted by Gasteiger charge is 2.22. The zero-order valence-corrected chi connectivity index (χ0v) is 8.80. The molecule has 1 aromatic rings. The molecule has 1 N–H and O–H groups in total. The molecule has 0 bridgehead atoms. The van der Waals surface area contributed by atoms with Crippen molar-refractivity contribution in [3.05, 3.63) is 21.9 Å². The molecule has 3 nitrogen and oxygen atoms in total. The SMILES string of the molecule is OCCc1cc2c(c(Br)c1F)OCO2. The molecule has 1 aliphatic rings. The van der Waals surface area contributed by atoms with Gasteiger partial charge in [-0.2, -0.15) is 0 Å². The first-order valence-corrected chi connectivity index (χ1v) is 4.90. The Morgan fingerprint density at radius 3 is 3.00 bits per heavy atom. The summed E-state index contributed by atoms with van der Waals surface area (Å²) in [5, 5.41) is 8.73. The van der Waals surface area contributed by atoms with E-state index in [4.69, 9.17) is 14.6 Å². The Morgan fingerprint density at radius 2 is 2.29 bits per heavy atom. The number of rotatable bonds is 2.